The molecule has 0 bridgehead atoms. The molecule has 1 N–H and O–H groups in total. The highest BCUT2D eigenvalue weighted by Gasteiger charge is 2.35. The Kier molecular flexibility index (Phi) is 5.69. The molecule has 2 unspecified atom stereocenters. The summed E-state index contributed by atoms with van der Waals surface area (Å²) in [6.07, 6.45) is -4.59. The smallest absolute Gasteiger partial charge is 0.208 e. The molecule has 0 saturated heterocycles. The highest BCUT2D eigenvalue weighted by atomic mass is 35.5. The van der Waals surface area contributed by atoms with Crippen LogP contribution in [0.4, 0.5) is 13.2 Å². The van der Waals surface area contributed by atoms with E-state index in [9.17, 15) is 21.6 Å². The standard InChI is InChI=1S/C13H17ClF3NO2S/c1-8(7-14)10(3)18-21(19,20)12-6-4-5-11(9(12)2)13(15,16)17/h4-6,8,10,18H,7H2,1-3H3. The average Bonchev–Trinajstić information content (AvgIpc) is 2.35. The van der Waals surface area contributed by atoms with Crippen LogP contribution in [-0.2, 0) is 16.2 Å². The van der Waals surface area contributed by atoms with Gasteiger partial charge in [0.15, 0.2) is 0 Å². The highest BCUT2D eigenvalue weighted by molar-refractivity contribution is 7.89. The molecule has 3 nitrogen and oxygen atoms in total. The van der Waals surface area contributed by atoms with Crippen molar-refractivity contribution in [3.8, 4) is 0 Å². The summed E-state index contributed by atoms with van der Waals surface area (Å²) in [5.41, 5.74) is -1.27. The molecule has 120 valence electrons. The number of nitrogens with one attached hydrogen (secondary N) is 1. The van der Waals surface area contributed by atoms with Gasteiger partial charge in [-0.1, -0.05) is 13.0 Å². The summed E-state index contributed by atoms with van der Waals surface area (Å²) in [6, 6.07) is 2.62. The topological polar surface area (TPSA) is 46.2 Å². The Morgan fingerprint density at radius 3 is 2.33 bits per heavy atom. The Morgan fingerprint density at radius 2 is 1.86 bits per heavy atom. The van der Waals surface area contributed by atoms with Crippen LogP contribution in [0.2, 0.25) is 0 Å². The molecule has 8 heteroatoms. The van der Waals surface area contributed by atoms with Crippen LogP contribution < -0.4 is 4.72 Å². The van der Waals surface area contributed by atoms with E-state index in [2.05, 4.69) is 4.72 Å². The summed E-state index contributed by atoms with van der Waals surface area (Å²) in [5, 5.41) is 0. The minimum Gasteiger partial charge on any atom is -0.208 e. The van der Waals surface area contributed by atoms with Crippen molar-refractivity contribution >= 4 is 21.6 Å². The third kappa shape index (κ3) is 4.34. The van der Waals surface area contributed by atoms with E-state index in [4.69, 9.17) is 11.6 Å². The summed E-state index contributed by atoms with van der Waals surface area (Å²) in [6.45, 7) is 4.51. The van der Waals surface area contributed by atoms with Crippen LogP contribution in [0.1, 0.15) is 25.0 Å². The minimum absolute atomic E-state index is 0.146. The van der Waals surface area contributed by atoms with Gasteiger partial charge in [-0.15, -0.1) is 11.6 Å². The van der Waals surface area contributed by atoms with Gasteiger partial charge >= 0.3 is 6.18 Å². The van der Waals surface area contributed by atoms with Crippen molar-refractivity contribution < 1.29 is 21.6 Å². The molecule has 0 aliphatic carbocycles. The molecular weight excluding hydrogens is 327 g/mol. The van der Waals surface area contributed by atoms with Crippen LogP contribution >= 0.6 is 11.6 Å². The number of hydrogen-bond donors (Lipinski definition) is 1. The predicted octanol–water partition coefficient (Wildman–Crippen LogP) is 3.56. The van der Waals surface area contributed by atoms with Crippen molar-refractivity contribution in [1.82, 2.24) is 4.72 Å². The summed E-state index contributed by atoms with van der Waals surface area (Å²) in [4.78, 5) is -0.369. The fourth-order valence-electron chi connectivity index (χ4n) is 1.77. The van der Waals surface area contributed by atoms with Crippen molar-refractivity contribution in [3.63, 3.8) is 0 Å². The van der Waals surface area contributed by atoms with Crippen molar-refractivity contribution in [2.75, 3.05) is 5.88 Å². The third-order valence-corrected chi connectivity index (χ3v) is 5.51. The Morgan fingerprint density at radius 1 is 1.29 bits per heavy atom. The summed E-state index contributed by atoms with van der Waals surface area (Å²) in [7, 11) is -4.04. The van der Waals surface area contributed by atoms with Gasteiger partial charge in [0, 0.05) is 11.9 Å². The normalized spacial score (nSPS) is 15.8. The highest BCUT2D eigenvalue weighted by Crippen LogP contribution is 2.34. The molecule has 1 aromatic carbocycles. The van der Waals surface area contributed by atoms with E-state index < -0.39 is 27.8 Å². The maximum absolute atomic E-state index is 12.8. The van der Waals surface area contributed by atoms with E-state index >= 15 is 0 Å². The SMILES string of the molecule is Cc1c(C(F)(F)F)cccc1S(=O)(=O)NC(C)C(C)CCl. The molecule has 21 heavy (non-hydrogen) atoms. The van der Waals surface area contributed by atoms with Gasteiger partial charge < -0.3 is 0 Å². The molecule has 0 saturated carbocycles. The molecule has 1 rings (SSSR count). The summed E-state index contributed by atoms with van der Waals surface area (Å²) in [5.74, 6) is 0.0955. The molecule has 2 atom stereocenters. The lowest BCUT2D eigenvalue weighted by atomic mass is 10.1. The second-order valence-electron chi connectivity index (χ2n) is 4.97. The number of hydrogen-bond acceptors (Lipinski definition) is 2. The number of rotatable bonds is 5. The van der Waals surface area contributed by atoms with Crippen LogP contribution in [0.3, 0.4) is 0 Å². The van der Waals surface area contributed by atoms with Gasteiger partial charge in [0.2, 0.25) is 10.0 Å². The maximum Gasteiger partial charge on any atom is 0.416 e. The van der Waals surface area contributed by atoms with E-state index in [0.29, 0.717) is 0 Å². The van der Waals surface area contributed by atoms with E-state index in [1.54, 1.807) is 13.8 Å². The van der Waals surface area contributed by atoms with Gasteiger partial charge in [-0.05, 0) is 37.5 Å². The second-order valence-corrected chi connectivity index (χ2v) is 6.96. The zero-order valence-electron chi connectivity index (χ0n) is 11.8. The molecule has 0 aliphatic rings. The van der Waals surface area contributed by atoms with E-state index in [1.807, 2.05) is 0 Å². The minimum atomic E-state index is -4.59. The first-order chi connectivity index (χ1) is 9.50. The molecule has 0 fully saturated rings. The van der Waals surface area contributed by atoms with Gasteiger partial charge in [0.25, 0.3) is 0 Å². The Balaban J connectivity index is 3.22. The van der Waals surface area contributed by atoms with E-state index in [1.165, 1.54) is 0 Å². The van der Waals surface area contributed by atoms with Crippen molar-refractivity contribution in [1.29, 1.82) is 0 Å². The zero-order chi connectivity index (χ0) is 16.4. The van der Waals surface area contributed by atoms with Crippen LogP contribution in [0, 0.1) is 12.8 Å². The van der Waals surface area contributed by atoms with Gasteiger partial charge in [-0.25, -0.2) is 13.1 Å². The number of alkyl halides is 4. The van der Waals surface area contributed by atoms with Crippen molar-refractivity contribution in [2.24, 2.45) is 5.92 Å². The first-order valence-electron chi connectivity index (χ1n) is 6.25. The summed E-state index contributed by atoms with van der Waals surface area (Å²) >= 11 is 5.65. The first-order valence-corrected chi connectivity index (χ1v) is 8.27. The molecule has 0 aliphatic heterocycles. The van der Waals surface area contributed by atoms with Gasteiger partial charge in [-0.3, -0.25) is 0 Å². The second kappa shape index (κ2) is 6.54. The van der Waals surface area contributed by atoms with Crippen LogP contribution in [0.15, 0.2) is 23.1 Å². The van der Waals surface area contributed by atoms with Gasteiger partial charge in [-0.2, -0.15) is 13.2 Å². The lowest BCUT2D eigenvalue weighted by molar-refractivity contribution is -0.138. The van der Waals surface area contributed by atoms with Gasteiger partial charge in [0.05, 0.1) is 10.5 Å². The molecule has 0 radical (unpaired) electrons. The van der Waals surface area contributed by atoms with E-state index in [0.717, 1.165) is 25.1 Å². The molecule has 1 aromatic rings. The summed E-state index contributed by atoms with van der Waals surface area (Å²) < 4.78 is 65.3. The lowest BCUT2D eigenvalue weighted by Gasteiger charge is -2.20. The average molecular weight is 344 g/mol. The van der Waals surface area contributed by atoms with E-state index in [-0.39, 0.29) is 22.3 Å². The fourth-order valence-corrected chi connectivity index (χ4v) is 3.66. The van der Waals surface area contributed by atoms with Crippen molar-refractivity contribution in [2.45, 2.75) is 37.9 Å². The Labute approximate surface area is 127 Å². The number of sulfonamides is 1. The molecular formula is C13H17ClF3NO2S. The van der Waals surface area contributed by atoms with Crippen molar-refractivity contribution in [3.05, 3.63) is 29.3 Å². The van der Waals surface area contributed by atoms with Gasteiger partial charge in [0.1, 0.15) is 0 Å². The lowest BCUT2D eigenvalue weighted by Crippen LogP contribution is -2.38. The molecule has 0 spiro atoms. The van der Waals surface area contributed by atoms with Crippen LogP contribution in [0.5, 0.6) is 0 Å². The molecule has 0 heterocycles. The first kappa shape index (κ1) is 18.3. The monoisotopic (exact) mass is 343 g/mol. The fraction of sp³-hybridized carbons (Fsp3) is 0.538. The quantitative estimate of drug-likeness (QED) is 0.831. The number of benzene rings is 1. The Bertz CT molecular complexity index is 602. The van der Waals surface area contributed by atoms with Crippen LogP contribution in [-0.4, -0.2) is 20.3 Å². The molecule has 0 aromatic heterocycles. The predicted molar refractivity (Wildman–Crippen MR) is 75.8 cm³/mol. The zero-order valence-corrected chi connectivity index (χ0v) is 13.4. The van der Waals surface area contributed by atoms with Crippen LogP contribution in [0.25, 0.3) is 0 Å². The molecule has 0 amide bonds. The largest absolute Gasteiger partial charge is 0.416 e. The number of halogens is 4. The third-order valence-electron chi connectivity index (χ3n) is 3.32. The maximum atomic E-state index is 12.8. The Hall–Kier alpha value is -0.790.